The van der Waals surface area contributed by atoms with E-state index in [2.05, 4.69) is 14.9 Å². The number of pyridine rings is 1. The molecule has 4 rings (SSSR count). The molecule has 2 aromatic rings. The van der Waals surface area contributed by atoms with Crippen LogP contribution >= 0.6 is 11.6 Å². The SMILES string of the molecule is O=c1cc(C2CC2)ncn1CC1CCN(c2ccncc2Cl)CC1. The zero-order valence-corrected chi connectivity index (χ0v) is 14.3. The predicted molar refractivity (Wildman–Crippen MR) is 94.7 cm³/mol. The molecule has 0 unspecified atom stereocenters. The molecule has 24 heavy (non-hydrogen) atoms. The van der Waals surface area contributed by atoms with Crippen molar-refractivity contribution in [2.24, 2.45) is 5.92 Å². The Kier molecular flexibility index (Phi) is 4.27. The van der Waals surface area contributed by atoms with Crippen LogP contribution in [0.25, 0.3) is 0 Å². The molecule has 1 saturated heterocycles. The summed E-state index contributed by atoms with van der Waals surface area (Å²) in [4.78, 5) is 23.1. The van der Waals surface area contributed by atoms with E-state index >= 15 is 0 Å². The normalized spacial score (nSPS) is 18.8. The minimum absolute atomic E-state index is 0.0894. The monoisotopic (exact) mass is 344 g/mol. The summed E-state index contributed by atoms with van der Waals surface area (Å²) < 4.78 is 1.77. The van der Waals surface area contributed by atoms with Crippen molar-refractivity contribution in [3.63, 3.8) is 0 Å². The van der Waals surface area contributed by atoms with Gasteiger partial charge < -0.3 is 4.90 Å². The molecule has 2 aliphatic rings. The van der Waals surface area contributed by atoms with E-state index in [1.807, 2.05) is 6.07 Å². The van der Waals surface area contributed by atoms with Crippen molar-refractivity contribution in [1.29, 1.82) is 0 Å². The molecular weight excluding hydrogens is 324 g/mol. The van der Waals surface area contributed by atoms with Gasteiger partial charge in [0, 0.05) is 44.0 Å². The lowest BCUT2D eigenvalue weighted by atomic mass is 9.96. The largest absolute Gasteiger partial charge is 0.370 e. The summed E-state index contributed by atoms with van der Waals surface area (Å²) in [7, 11) is 0. The Morgan fingerprint density at radius 3 is 2.67 bits per heavy atom. The number of nitrogens with zero attached hydrogens (tertiary/aromatic N) is 4. The van der Waals surface area contributed by atoms with Gasteiger partial charge in [0.15, 0.2) is 0 Å². The third-order valence-electron chi connectivity index (χ3n) is 5.06. The Morgan fingerprint density at radius 1 is 1.21 bits per heavy atom. The highest BCUT2D eigenvalue weighted by atomic mass is 35.5. The standard InChI is InChI=1S/C18H21ClN4O/c19-15-10-20-6-3-17(15)22-7-4-13(5-8-22)11-23-12-21-16(9-18(23)24)14-1-2-14/h3,6,9-10,12-14H,1-2,4-5,7-8,11H2. The molecule has 1 aliphatic carbocycles. The summed E-state index contributed by atoms with van der Waals surface area (Å²) in [6, 6.07) is 3.69. The van der Waals surface area contributed by atoms with Gasteiger partial charge in [-0.3, -0.25) is 14.3 Å². The molecule has 0 atom stereocenters. The number of aromatic nitrogens is 3. The lowest BCUT2D eigenvalue weighted by Gasteiger charge is -2.34. The second-order valence-electron chi connectivity index (χ2n) is 6.84. The van der Waals surface area contributed by atoms with Gasteiger partial charge in [0.25, 0.3) is 5.56 Å². The van der Waals surface area contributed by atoms with Gasteiger partial charge in [-0.15, -0.1) is 0 Å². The molecular formula is C18H21ClN4O. The van der Waals surface area contributed by atoms with Crippen LogP contribution < -0.4 is 10.5 Å². The second-order valence-corrected chi connectivity index (χ2v) is 7.24. The molecule has 3 heterocycles. The Morgan fingerprint density at radius 2 is 2.00 bits per heavy atom. The fourth-order valence-electron chi connectivity index (χ4n) is 3.44. The van der Waals surface area contributed by atoms with Crippen LogP contribution in [-0.4, -0.2) is 27.6 Å². The van der Waals surface area contributed by atoms with Gasteiger partial charge in [0.05, 0.1) is 22.7 Å². The predicted octanol–water partition coefficient (Wildman–Crippen LogP) is 3.09. The van der Waals surface area contributed by atoms with Gasteiger partial charge in [0.2, 0.25) is 0 Å². The first-order chi connectivity index (χ1) is 11.7. The fourth-order valence-corrected chi connectivity index (χ4v) is 3.68. The summed E-state index contributed by atoms with van der Waals surface area (Å²) in [5.74, 6) is 1.04. The van der Waals surface area contributed by atoms with E-state index in [9.17, 15) is 4.79 Å². The maximum Gasteiger partial charge on any atom is 0.253 e. The summed E-state index contributed by atoms with van der Waals surface area (Å²) in [5.41, 5.74) is 2.11. The first-order valence-electron chi connectivity index (χ1n) is 8.61. The van der Waals surface area contributed by atoms with Crippen LogP contribution in [0.15, 0.2) is 35.6 Å². The number of hydrogen-bond donors (Lipinski definition) is 0. The minimum atomic E-state index is 0.0894. The molecule has 126 valence electrons. The van der Waals surface area contributed by atoms with Crippen molar-refractivity contribution in [2.45, 2.75) is 38.1 Å². The molecule has 2 aromatic heterocycles. The van der Waals surface area contributed by atoms with E-state index in [4.69, 9.17) is 11.6 Å². The van der Waals surface area contributed by atoms with Crippen LogP contribution in [0.1, 0.15) is 37.3 Å². The highest BCUT2D eigenvalue weighted by Crippen LogP contribution is 2.38. The number of rotatable bonds is 4. The van der Waals surface area contributed by atoms with Gasteiger partial charge in [-0.2, -0.15) is 0 Å². The summed E-state index contributed by atoms with van der Waals surface area (Å²) >= 11 is 6.23. The maximum absolute atomic E-state index is 12.3. The van der Waals surface area contributed by atoms with Crippen molar-refractivity contribution in [1.82, 2.24) is 14.5 Å². The molecule has 1 saturated carbocycles. The highest BCUT2D eigenvalue weighted by Gasteiger charge is 2.26. The van der Waals surface area contributed by atoms with Gasteiger partial charge in [0.1, 0.15) is 0 Å². The Bertz CT molecular complexity index is 779. The van der Waals surface area contributed by atoms with Crippen LogP contribution in [-0.2, 0) is 6.54 Å². The number of anilines is 1. The van der Waals surface area contributed by atoms with E-state index in [1.165, 1.54) is 12.8 Å². The molecule has 0 bridgehead atoms. The molecule has 2 fully saturated rings. The molecule has 0 spiro atoms. The van der Waals surface area contributed by atoms with Crippen LogP contribution in [0.5, 0.6) is 0 Å². The van der Waals surface area contributed by atoms with Gasteiger partial charge in [-0.25, -0.2) is 4.98 Å². The molecule has 5 nitrogen and oxygen atoms in total. The van der Waals surface area contributed by atoms with Crippen LogP contribution in [0.3, 0.4) is 0 Å². The average molecular weight is 345 g/mol. The van der Waals surface area contributed by atoms with E-state index in [0.717, 1.165) is 43.9 Å². The Hall–Kier alpha value is -1.88. The zero-order valence-electron chi connectivity index (χ0n) is 13.6. The number of piperidine rings is 1. The fraction of sp³-hybridized carbons (Fsp3) is 0.500. The van der Waals surface area contributed by atoms with Crippen molar-refractivity contribution in [3.8, 4) is 0 Å². The third-order valence-corrected chi connectivity index (χ3v) is 5.35. The van der Waals surface area contributed by atoms with Gasteiger partial charge >= 0.3 is 0 Å². The molecule has 6 heteroatoms. The first kappa shape index (κ1) is 15.6. The van der Waals surface area contributed by atoms with E-state index < -0.39 is 0 Å². The van der Waals surface area contributed by atoms with E-state index in [0.29, 0.717) is 16.9 Å². The number of hydrogen-bond acceptors (Lipinski definition) is 4. The first-order valence-corrected chi connectivity index (χ1v) is 8.99. The summed E-state index contributed by atoms with van der Waals surface area (Å²) in [5, 5.41) is 0.701. The summed E-state index contributed by atoms with van der Waals surface area (Å²) in [6.45, 7) is 2.67. The van der Waals surface area contributed by atoms with Gasteiger partial charge in [-0.1, -0.05) is 11.6 Å². The quantitative estimate of drug-likeness (QED) is 0.855. The molecule has 1 aliphatic heterocycles. The summed E-state index contributed by atoms with van der Waals surface area (Å²) in [6.07, 6.45) is 9.65. The second kappa shape index (κ2) is 6.55. The lowest BCUT2D eigenvalue weighted by Crippen LogP contribution is -2.36. The average Bonchev–Trinajstić information content (AvgIpc) is 3.43. The molecule has 0 aromatic carbocycles. The third kappa shape index (κ3) is 3.31. The van der Waals surface area contributed by atoms with Crippen LogP contribution in [0.2, 0.25) is 5.02 Å². The van der Waals surface area contributed by atoms with Crippen molar-refractivity contribution in [2.75, 3.05) is 18.0 Å². The van der Waals surface area contributed by atoms with Crippen molar-refractivity contribution in [3.05, 3.63) is 51.9 Å². The number of halogens is 1. The van der Waals surface area contributed by atoms with E-state index in [1.54, 1.807) is 29.4 Å². The van der Waals surface area contributed by atoms with E-state index in [-0.39, 0.29) is 5.56 Å². The van der Waals surface area contributed by atoms with Crippen LogP contribution in [0, 0.1) is 5.92 Å². The Balaban J connectivity index is 1.38. The highest BCUT2D eigenvalue weighted by molar-refractivity contribution is 6.33. The van der Waals surface area contributed by atoms with Crippen molar-refractivity contribution >= 4 is 17.3 Å². The smallest absolute Gasteiger partial charge is 0.253 e. The molecule has 0 radical (unpaired) electrons. The minimum Gasteiger partial charge on any atom is -0.370 e. The Labute approximate surface area is 146 Å². The lowest BCUT2D eigenvalue weighted by molar-refractivity contribution is 0.351. The van der Waals surface area contributed by atoms with Crippen LogP contribution in [0.4, 0.5) is 5.69 Å². The zero-order chi connectivity index (χ0) is 16.5. The molecule has 0 N–H and O–H groups in total. The maximum atomic E-state index is 12.3. The topological polar surface area (TPSA) is 51.0 Å². The molecule has 0 amide bonds. The van der Waals surface area contributed by atoms with Crippen molar-refractivity contribution < 1.29 is 0 Å². The van der Waals surface area contributed by atoms with Gasteiger partial charge in [-0.05, 0) is 37.7 Å².